The largest absolute Gasteiger partial charge is 0.508 e. The quantitative estimate of drug-likeness (QED) is 0.777. The number of methoxy groups -OCH3 is 1. The molecule has 0 spiro atoms. The van der Waals surface area contributed by atoms with Gasteiger partial charge in [0.25, 0.3) is 0 Å². The van der Waals surface area contributed by atoms with E-state index in [9.17, 15) is 15.0 Å². The van der Waals surface area contributed by atoms with Crippen LogP contribution in [0.2, 0.25) is 0 Å². The molecule has 24 heavy (non-hydrogen) atoms. The van der Waals surface area contributed by atoms with Crippen LogP contribution in [0.25, 0.3) is 0 Å². The number of aryl methyl sites for hydroxylation is 1. The number of fused-ring (bicyclic) bond motifs is 5. The molecule has 0 amide bonds. The first-order valence-corrected chi connectivity index (χ1v) is 9.03. The van der Waals surface area contributed by atoms with Crippen molar-refractivity contribution >= 4 is 5.97 Å². The third-order valence-electron chi connectivity index (χ3n) is 7.22. The number of hydrogen-bond acceptors (Lipinski definition) is 4. The predicted molar refractivity (Wildman–Crippen MR) is 89.6 cm³/mol. The minimum Gasteiger partial charge on any atom is -0.508 e. The average molecular weight is 330 g/mol. The van der Waals surface area contributed by atoms with E-state index in [1.54, 1.807) is 6.07 Å². The van der Waals surface area contributed by atoms with Gasteiger partial charge in [-0.25, -0.2) is 0 Å². The molecule has 1 aromatic carbocycles. The van der Waals surface area contributed by atoms with E-state index in [0.717, 1.165) is 32.1 Å². The number of aromatic hydroxyl groups is 1. The van der Waals surface area contributed by atoms with E-state index in [0.29, 0.717) is 23.5 Å². The van der Waals surface area contributed by atoms with Gasteiger partial charge in [0.2, 0.25) is 0 Å². The summed E-state index contributed by atoms with van der Waals surface area (Å²) in [5.41, 5.74) is 2.44. The standard InChI is InChI=1S/C20H26O4/c1-20-8-7-14-13-6-4-12(21)9-11(13)3-5-15(14)17(20)10-16(18(20)22)19(23)24-2/h4,6,9,14-18,21-22H,3,5,7-8,10H2,1-2H3/t14-,15-,16-,17+,18+,20+/m1/s1. The van der Waals surface area contributed by atoms with Gasteiger partial charge in [0.15, 0.2) is 0 Å². The van der Waals surface area contributed by atoms with Crippen LogP contribution in [-0.2, 0) is 16.0 Å². The molecule has 4 rings (SSSR count). The number of aliphatic hydroxyl groups is 1. The normalized spacial score (nSPS) is 40.4. The van der Waals surface area contributed by atoms with E-state index in [-0.39, 0.29) is 17.3 Å². The molecule has 130 valence electrons. The molecular formula is C20H26O4. The summed E-state index contributed by atoms with van der Waals surface area (Å²) in [6.07, 6.45) is 4.16. The van der Waals surface area contributed by atoms with Gasteiger partial charge < -0.3 is 14.9 Å². The Hall–Kier alpha value is -1.55. The molecule has 0 radical (unpaired) electrons. The van der Waals surface area contributed by atoms with Crippen molar-refractivity contribution in [2.75, 3.05) is 7.11 Å². The zero-order valence-electron chi connectivity index (χ0n) is 14.4. The van der Waals surface area contributed by atoms with Crippen LogP contribution in [0.3, 0.4) is 0 Å². The average Bonchev–Trinajstić information content (AvgIpc) is 2.85. The van der Waals surface area contributed by atoms with Crippen molar-refractivity contribution in [3.05, 3.63) is 29.3 Å². The minimum absolute atomic E-state index is 0.186. The van der Waals surface area contributed by atoms with Crippen LogP contribution in [0.15, 0.2) is 18.2 Å². The maximum atomic E-state index is 12.1. The molecule has 2 N–H and O–H groups in total. The summed E-state index contributed by atoms with van der Waals surface area (Å²) in [6.45, 7) is 2.16. The first kappa shape index (κ1) is 15.9. The smallest absolute Gasteiger partial charge is 0.311 e. The summed E-state index contributed by atoms with van der Waals surface area (Å²) in [5, 5.41) is 20.6. The van der Waals surface area contributed by atoms with Crippen LogP contribution >= 0.6 is 0 Å². The molecule has 0 bridgehead atoms. The van der Waals surface area contributed by atoms with E-state index in [4.69, 9.17) is 4.74 Å². The summed E-state index contributed by atoms with van der Waals surface area (Å²) in [7, 11) is 1.41. The molecular weight excluding hydrogens is 304 g/mol. The Balaban J connectivity index is 1.67. The number of rotatable bonds is 1. The molecule has 1 aromatic rings. The van der Waals surface area contributed by atoms with Crippen molar-refractivity contribution < 1.29 is 19.7 Å². The predicted octanol–water partition coefficient (Wildman–Crippen LogP) is 3.01. The lowest BCUT2D eigenvalue weighted by Gasteiger charge is -2.50. The molecule has 0 aliphatic heterocycles. The zero-order chi connectivity index (χ0) is 17.1. The molecule has 0 saturated heterocycles. The minimum atomic E-state index is -0.600. The van der Waals surface area contributed by atoms with E-state index in [1.165, 1.54) is 18.2 Å². The van der Waals surface area contributed by atoms with Gasteiger partial charge in [-0.1, -0.05) is 13.0 Å². The Morgan fingerprint density at radius 1 is 1.33 bits per heavy atom. The second-order valence-corrected chi connectivity index (χ2v) is 8.15. The number of aliphatic hydroxyl groups excluding tert-OH is 1. The molecule has 2 fully saturated rings. The topological polar surface area (TPSA) is 66.8 Å². The summed E-state index contributed by atoms with van der Waals surface area (Å²) in [4.78, 5) is 12.1. The highest BCUT2D eigenvalue weighted by Crippen LogP contribution is 2.62. The van der Waals surface area contributed by atoms with Crippen LogP contribution in [-0.4, -0.2) is 29.4 Å². The van der Waals surface area contributed by atoms with Gasteiger partial charge in [0, 0.05) is 0 Å². The van der Waals surface area contributed by atoms with Gasteiger partial charge >= 0.3 is 5.97 Å². The van der Waals surface area contributed by atoms with Gasteiger partial charge in [-0.15, -0.1) is 0 Å². The third kappa shape index (κ3) is 2.12. The van der Waals surface area contributed by atoms with Crippen molar-refractivity contribution in [1.29, 1.82) is 0 Å². The molecule has 4 nitrogen and oxygen atoms in total. The first-order chi connectivity index (χ1) is 11.5. The lowest BCUT2D eigenvalue weighted by atomic mass is 9.55. The molecule has 2 saturated carbocycles. The lowest BCUT2D eigenvalue weighted by molar-refractivity contribution is -0.150. The van der Waals surface area contributed by atoms with Gasteiger partial charge in [0.05, 0.1) is 19.1 Å². The van der Waals surface area contributed by atoms with Gasteiger partial charge in [0.1, 0.15) is 5.75 Å². The Morgan fingerprint density at radius 2 is 2.12 bits per heavy atom. The van der Waals surface area contributed by atoms with Crippen molar-refractivity contribution in [2.24, 2.45) is 23.2 Å². The Kier molecular flexibility index (Phi) is 3.64. The Morgan fingerprint density at radius 3 is 2.88 bits per heavy atom. The number of carbonyl (C=O) groups excluding carboxylic acids is 1. The zero-order valence-corrected chi connectivity index (χ0v) is 14.4. The maximum absolute atomic E-state index is 12.1. The highest BCUT2D eigenvalue weighted by molar-refractivity contribution is 5.73. The van der Waals surface area contributed by atoms with Crippen molar-refractivity contribution in [3.63, 3.8) is 0 Å². The monoisotopic (exact) mass is 330 g/mol. The lowest BCUT2D eigenvalue weighted by Crippen LogP contribution is -2.44. The first-order valence-electron chi connectivity index (χ1n) is 9.03. The SMILES string of the molecule is COC(=O)[C@@H]1C[C@H]2[C@@H]3CCc4cc(O)ccc4[C@H]3CC[C@]2(C)[C@H]1O. The van der Waals surface area contributed by atoms with Crippen LogP contribution in [0, 0.1) is 23.2 Å². The van der Waals surface area contributed by atoms with Gasteiger partial charge in [-0.2, -0.15) is 0 Å². The number of esters is 1. The fraction of sp³-hybridized carbons (Fsp3) is 0.650. The Labute approximate surface area is 142 Å². The second kappa shape index (κ2) is 5.48. The van der Waals surface area contributed by atoms with Gasteiger partial charge in [-0.05, 0) is 78.5 Å². The number of benzene rings is 1. The molecule has 0 unspecified atom stereocenters. The third-order valence-corrected chi connectivity index (χ3v) is 7.22. The summed E-state index contributed by atoms with van der Waals surface area (Å²) >= 11 is 0. The Bertz CT molecular complexity index is 670. The molecule has 3 aliphatic carbocycles. The van der Waals surface area contributed by atoms with E-state index in [2.05, 4.69) is 13.0 Å². The fourth-order valence-electron chi connectivity index (χ4n) is 5.97. The number of phenolic OH excluding ortho intramolecular Hbond substituents is 1. The van der Waals surface area contributed by atoms with Gasteiger partial charge in [-0.3, -0.25) is 4.79 Å². The second-order valence-electron chi connectivity index (χ2n) is 8.15. The van der Waals surface area contributed by atoms with E-state index in [1.807, 2.05) is 6.07 Å². The van der Waals surface area contributed by atoms with Crippen LogP contribution in [0.4, 0.5) is 0 Å². The van der Waals surface area contributed by atoms with E-state index >= 15 is 0 Å². The summed E-state index contributed by atoms with van der Waals surface area (Å²) < 4.78 is 4.93. The molecule has 3 aliphatic rings. The number of hydrogen-bond donors (Lipinski definition) is 2. The highest BCUT2D eigenvalue weighted by Gasteiger charge is 2.59. The summed E-state index contributed by atoms with van der Waals surface area (Å²) in [5.74, 6) is 1.04. The number of phenols is 1. The molecule has 4 heteroatoms. The summed E-state index contributed by atoms with van der Waals surface area (Å²) in [6, 6.07) is 5.77. The van der Waals surface area contributed by atoms with Crippen molar-refractivity contribution in [1.82, 2.24) is 0 Å². The fourth-order valence-corrected chi connectivity index (χ4v) is 5.97. The number of carbonyl (C=O) groups is 1. The van der Waals surface area contributed by atoms with Crippen LogP contribution < -0.4 is 0 Å². The van der Waals surface area contributed by atoms with Crippen LogP contribution in [0.5, 0.6) is 5.75 Å². The molecule has 0 aromatic heterocycles. The molecule has 0 heterocycles. The van der Waals surface area contributed by atoms with E-state index < -0.39 is 6.10 Å². The highest BCUT2D eigenvalue weighted by atomic mass is 16.5. The number of ether oxygens (including phenoxy) is 1. The maximum Gasteiger partial charge on any atom is 0.311 e. The van der Waals surface area contributed by atoms with Crippen molar-refractivity contribution in [3.8, 4) is 5.75 Å². The van der Waals surface area contributed by atoms with Crippen LogP contribution in [0.1, 0.15) is 49.7 Å². The molecule has 6 atom stereocenters. The van der Waals surface area contributed by atoms with Crippen molar-refractivity contribution in [2.45, 2.75) is 51.0 Å².